The van der Waals surface area contributed by atoms with E-state index >= 15 is 0 Å². The van der Waals surface area contributed by atoms with E-state index in [2.05, 4.69) is 0 Å². The summed E-state index contributed by atoms with van der Waals surface area (Å²) in [4.78, 5) is 11.8. The summed E-state index contributed by atoms with van der Waals surface area (Å²) in [6, 6.07) is 7.25. The summed E-state index contributed by atoms with van der Waals surface area (Å²) in [5.41, 5.74) is 0.722. The maximum Gasteiger partial charge on any atom is 0.269 e. The van der Waals surface area contributed by atoms with Gasteiger partial charge in [0.05, 0.1) is 12.6 Å². The van der Waals surface area contributed by atoms with Crippen LogP contribution >= 0.6 is 11.6 Å². The molecule has 0 aliphatic heterocycles. The molecule has 0 spiro atoms. The zero-order chi connectivity index (χ0) is 11.7. The summed E-state index contributed by atoms with van der Waals surface area (Å²) in [7, 11) is 1.61. The summed E-state index contributed by atoms with van der Waals surface area (Å²) in [6.45, 7) is 2.52. The van der Waals surface area contributed by atoms with E-state index in [1.165, 1.54) is 0 Å². The summed E-state index contributed by atoms with van der Waals surface area (Å²) >= 11 is 5.89. The minimum Gasteiger partial charge on any atom is -0.497 e. The summed E-state index contributed by atoms with van der Waals surface area (Å²) in [5, 5.41) is 1.15. The Bertz CT molecular complexity index is 589. The smallest absolute Gasteiger partial charge is 0.269 e. The van der Waals surface area contributed by atoms with Crippen LogP contribution in [-0.2, 0) is 6.54 Å². The van der Waals surface area contributed by atoms with Crippen molar-refractivity contribution in [3.8, 4) is 5.75 Å². The molecule has 0 N–H and O–H groups in total. The van der Waals surface area contributed by atoms with Gasteiger partial charge in [-0.15, -0.1) is 0 Å². The van der Waals surface area contributed by atoms with E-state index in [0.29, 0.717) is 6.54 Å². The van der Waals surface area contributed by atoms with Crippen LogP contribution in [0.3, 0.4) is 0 Å². The largest absolute Gasteiger partial charge is 0.497 e. The van der Waals surface area contributed by atoms with Crippen LogP contribution in [0.1, 0.15) is 6.92 Å². The highest BCUT2D eigenvalue weighted by molar-refractivity contribution is 6.31. The molecule has 0 radical (unpaired) electrons. The van der Waals surface area contributed by atoms with Crippen molar-refractivity contribution in [3.63, 3.8) is 0 Å². The lowest BCUT2D eigenvalue weighted by molar-refractivity contribution is 0.415. The number of ether oxygens (including phenoxy) is 1. The van der Waals surface area contributed by atoms with Gasteiger partial charge >= 0.3 is 0 Å². The van der Waals surface area contributed by atoms with E-state index in [1.807, 2.05) is 25.1 Å². The van der Waals surface area contributed by atoms with Gasteiger partial charge in [0, 0.05) is 11.9 Å². The van der Waals surface area contributed by atoms with Gasteiger partial charge in [-0.25, -0.2) is 0 Å². The molecule has 0 unspecified atom stereocenters. The van der Waals surface area contributed by atoms with E-state index in [1.54, 1.807) is 17.7 Å². The first-order valence-corrected chi connectivity index (χ1v) is 5.42. The Morgan fingerprint density at radius 3 is 2.75 bits per heavy atom. The van der Waals surface area contributed by atoms with Gasteiger partial charge in [-0.05, 0) is 31.2 Å². The van der Waals surface area contributed by atoms with Crippen LogP contribution in [-0.4, -0.2) is 11.7 Å². The molecule has 2 rings (SSSR count). The van der Waals surface area contributed by atoms with Crippen LogP contribution in [0.25, 0.3) is 10.9 Å². The predicted molar refractivity (Wildman–Crippen MR) is 65.4 cm³/mol. The molecule has 1 aromatic carbocycles. The van der Waals surface area contributed by atoms with E-state index in [-0.39, 0.29) is 10.6 Å². The Kier molecular flexibility index (Phi) is 2.88. The number of rotatable bonds is 2. The first kappa shape index (κ1) is 11.0. The molecule has 1 heterocycles. The molecular formula is C12H12ClNO2. The number of aryl methyl sites for hydroxylation is 1. The topological polar surface area (TPSA) is 31.2 Å². The molecule has 0 saturated heterocycles. The first-order valence-electron chi connectivity index (χ1n) is 5.04. The van der Waals surface area contributed by atoms with Crippen molar-refractivity contribution < 1.29 is 4.74 Å². The van der Waals surface area contributed by atoms with Gasteiger partial charge in [0.1, 0.15) is 10.8 Å². The van der Waals surface area contributed by atoms with E-state index in [9.17, 15) is 4.79 Å². The zero-order valence-electron chi connectivity index (χ0n) is 9.16. The Hall–Kier alpha value is -1.48. The molecule has 0 saturated carbocycles. The molecule has 84 valence electrons. The number of aromatic nitrogens is 1. The number of hydrogen-bond acceptors (Lipinski definition) is 2. The SMILES string of the molecule is CCn1c(=O)c(Cl)cc2cc(OC)ccc21. The van der Waals surface area contributed by atoms with Gasteiger partial charge in [0.25, 0.3) is 5.56 Å². The molecule has 3 nitrogen and oxygen atoms in total. The quantitative estimate of drug-likeness (QED) is 0.804. The number of pyridine rings is 1. The average Bonchev–Trinajstić information content (AvgIpc) is 2.30. The highest BCUT2D eigenvalue weighted by atomic mass is 35.5. The van der Waals surface area contributed by atoms with Crippen LogP contribution in [0.15, 0.2) is 29.1 Å². The van der Waals surface area contributed by atoms with Crippen LogP contribution in [0, 0.1) is 0 Å². The fraction of sp³-hybridized carbons (Fsp3) is 0.250. The third-order valence-corrected chi connectivity index (χ3v) is 2.84. The van der Waals surface area contributed by atoms with Crippen molar-refractivity contribution in [2.24, 2.45) is 0 Å². The number of fused-ring (bicyclic) bond motifs is 1. The molecular weight excluding hydrogens is 226 g/mol. The van der Waals surface area contributed by atoms with Crippen molar-refractivity contribution in [2.45, 2.75) is 13.5 Å². The zero-order valence-corrected chi connectivity index (χ0v) is 9.91. The van der Waals surface area contributed by atoms with Crippen LogP contribution < -0.4 is 10.3 Å². The van der Waals surface area contributed by atoms with Crippen LogP contribution in [0.5, 0.6) is 5.75 Å². The van der Waals surface area contributed by atoms with Gasteiger partial charge in [0.15, 0.2) is 0 Å². The average molecular weight is 238 g/mol. The molecule has 0 aliphatic carbocycles. The minimum absolute atomic E-state index is 0.151. The second kappa shape index (κ2) is 4.18. The summed E-state index contributed by atoms with van der Waals surface area (Å²) in [6.07, 6.45) is 0. The van der Waals surface area contributed by atoms with Crippen molar-refractivity contribution in [1.29, 1.82) is 0 Å². The maximum absolute atomic E-state index is 11.8. The van der Waals surface area contributed by atoms with Crippen LogP contribution in [0.2, 0.25) is 5.02 Å². The monoisotopic (exact) mass is 237 g/mol. The molecule has 0 bridgehead atoms. The van der Waals surface area contributed by atoms with Crippen molar-refractivity contribution in [2.75, 3.05) is 7.11 Å². The van der Waals surface area contributed by atoms with Gasteiger partial charge in [-0.3, -0.25) is 4.79 Å². The third kappa shape index (κ3) is 1.67. The summed E-state index contributed by atoms with van der Waals surface area (Å²) in [5.74, 6) is 0.755. The van der Waals surface area contributed by atoms with Crippen molar-refractivity contribution >= 4 is 22.5 Å². The Morgan fingerprint density at radius 1 is 1.38 bits per heavy atom. The van der Waals surface area contributed by atoms with E-state index < -0.39 is 0 Å². The number of nitrogens with zero attached hydrogens (tertiary/aromatic N) is 1. The highest BCUT2D eigenvalue weighted by Gasteiger charge is 2.06. The van der Waals surface area contributed by atoms with Crippen molar-refractivity contribution in [3.05, 3.63) is 39.6 Å². The number of halogens is 1. The van der Waals surface area contributed by atoms with Gasteiger partial charge in [-0.1, -0.05) is 11.6 Å². The molecule has 0 amide bonds. The maximum atomic E-state index is 11.8. The third-order valence-electron chi connectivity index (χ3n) is 2.57. The van der Waals surface area contributed by atoms with E-state index in [0.717, 1.165) is 16.7 Å². The van der Waals surface area contributed by atoms with Gasteiger partial charge < -0.3 is 9.30 Å². The number of hydrogen-bond donors (Lipinski definition) is 0. The molecule has 0 fully saturated rings. The predicted octanol–water partition coefficient (Wildman–Crippen LogP) is 2.68. The van der Waals surface area contributed by atoms with Gasteiger partial charge in [0.2, 0.25) is 0 Å². The Balaban J connectivity index is 2.85. The number of methoxy groups -OCH3 is 1. The molecule has 16 heavy (non-hydrogen) atoms. The highest BCUT2D eigenvalue weighted by Crippen LogP contribution is 2.21. The van der Waals surface area contributed by atoms with Gasteiger partial charge in [-0.2, -0.15) is 0 Å². The molecule has 2 aromatic rings. The normalized spacial score (nSPS) is 10.7. The van der Waals surface area contributed by atoms with E-state index in [4.69, 9.17) is 16.3 Å². The lowest BCUT2D eigenvalue weighted by Gasteiger charge is -2.09. The molecule has 4 heteroatoms. The molecule has 0 aliphatic rings. The second-order valence-corrected chi connectivity index (χ2v) is 3.87. The number of benzene rings is 1. The second-order valence-electron chi connectivity index (χ2n) is 3.47. The lowest BCUT2D eigenvalue weighted by Crippen LogP contribution is -2.19. The molecule has 1 aromatic heterocycles. The first-order chi connectivity index (χ1) is 7.67. The Morgan fingerprint density at radius 2 is 2.12 bits per heavy atom. The fourth-order valence-corrected chi connectivity index (χ4v) is 1.99. The van der Waals surface area contributed by atoms with Crippen molar-refractivity contribution in [1.82, 2.24) is 4.57 Å². The minimum atomic E-state index is -0.151. The lowest BCUT2D eigenvalue weighted by atomic mass is 10.2. The Labute approximate surface area is 98.2 Å². The standard InChI is InChI=1S/C12H12ClNO2/c1-3-14-11-5-4-9(16-2)6-8(11)7-10(13)12(14)15/h4-7H,3H2,1-2H3. The fourth-order valence-electron chi connectivity index (χ4n) is 1.77. The molecule has 0 atom stereocenters. The van der Waals surface area contributed by atoms with Crippen LogP contribution in [0.4, 0.5) is 0 Å². The summed E-state index contributed by atoms with van der Waals surface area (Å²) < 4.78 is 6.79.